The number of hydrogen-bond donors (Lipinski definition) is 1. The monoisotopic (exact) mass is 362 g/mol. The van der Waals surface area contributed by atoms with Crippen LogP contribution in [-0.2, 0) is 21.2 Å². The third-order valence-electron chi connectivity index (χ3n) is 4.49. The number of nitrogens with zero attached hydrogens (tertiary/aromatic N) is 3. The van der Waals surface area contributed by atoms with E-state index in [1.165, 1.54) is 0 Å². The average molecular weight is 362 g/mol. The van der Waals surface area contributed by atoms with Crippen molar-refractivity contribution in [1.29, 1.82) is 0 Å². The predicted molar refractivity (Wildman–Crippen MR) is 93.9 cm³/mol. The van der Waals surface area contributed by atoms with E-state index >= 15 is 0 Å². The molecule has 2 aromatic heterocycles. The number of sulfone groups is 1. The summed E-state index contributed by atoms with van der Waals surface area (Å²) < 4.78 is 26.1. The average Bonchev–Trinajstić information content (AvgIpc) is 3.32. The first-order valence-electron chi connectivity index (χ1n) is 8.48. The molecule has 7 nitrogen and oxygen atoms in total. The highest BCUT2D eigenvalue weighted by molar-refractivity contribution is 7.92. The van der Waals surface area contributed by atoms with Crippen molar-refractivity contribution >= 4 is 15.7 Å². The molecule has 25 heavy (non-hydrogen) atoms. The molecule has 0 saturated heterocycles. The summed E-state index contributed by atoms with van der Waals surface area (Å²) in [6, 6.07) is 5.45. The Balaban J connectivity index is 1.55. The lowest BCUT2D eigenvalue weighted by atomic mass is 10.2. The van der Waals surface area contributed by atoms with E-state index in [9.17, 15) is 13.2 Å². The quantitative estimate of drug-likeness (QED) is 0.808. The van der Waals surface area contributed by atoms with Gasteiger partial charge in [0.1, 0.15) is 0 Å². The van der Waals surface area contributed by atoms with Crippen molar-refractivity contribution in [3.05, 3.63) is 42.4 Å². The topological polar surface area (TPSA) is 94.0 Å². The second-order valence-electron chi connectivity index (χ2n) is 6.24. The number of rotatable bonds is 7. The third kappa shape index (κ3) is 4.45. The Morgan fingerprint density at radius 2 is 2.04 bits per heavy atom. The van der Waals surface area contributed by atoms with Crippen molar-refractivity contribution < 1.29 is 13.2 Å². The van der Waals surface area contributed by atoms with Crippen LogP contribution in [0.2, 0.25) is 0 Å². The van der Waals surface area contributed by atoms with Gasteiger partial charge < -0.3 is 5.32 Å². The molecule has 0 aromatic carbocycles. The SMILES string of the molecule is O=C(CCS(=O)(=O)C1CCCC1)NCc1cccnc1-n1cccn1. The normalized spacial score (nSPS) is 15.4. The molecule has 1 fully saturated rings. The molecule has 1 N–H and O–H groups in total. The molecule has 2 heterocycles. The first-order chi connectivity index (χ1) is 12.1. The summed E-state index contributed by atoms with van der Waals surface area (Å²) in [6.45, 7) is 0.283. The number of carbonyl (C=O) groups is 1. The maximum atomic E-state index is 12.2. The van der Waals surface area contributed by atoms with Crippen LogP contribution in [0.3, 0.4) is 0 Å². The Hall–Kier alpha value is -2.22. The van der Waals surface area contributed by atoms with E-state index in [1.54, 1.807) is 35.4 Å². The summed E-state index contributed by atoms with van der Waals surface area (Å²) in [5.41, 5.74) is 0.818. The molecule has 2 aromatic rings. The lowest BCUT2D eigenvalue weighted by Crippen LogP contribution is -2.28. The summed E-state index contributed by atoms with van der Waals surface area (Å²) in [6.07, 6.45) is 8.49. The van der Waals surface area contributed by atoms with Crippen LogP contribution in [0, 0.1) is 0 Å². The van der Waals surface area contributed by atoms with Gasteiger partial charge in [-0.3, -0.25) is 4.79 Å². The highest BCUT2D eigenvalue weighted by atomic mass is 32.2. The molecule has 1 amide bonds. The zero-order valence-corrected chi connectivity index (χ0v) is 14.8. The first-order valence-corrected chi connectivity index (χ1v) is 10.2. The Labute approximate surface area is 147 Å². The van der Waals surface area contributed by atoms with Crippen LogP contribution in [0.25, 0.3) is 5.82 Å². The van der Waals surface area contributed by atoms with Gasteiger partial charge in [0, 0.05) is 37.1 Å². The molecular weight excluding hydrogens is 340 g/mol. The van der Waals surface area contributed by atoms with Gasteiger partial charge in [-0.1, -0.05) is 18.9 Å². The number of aromatic nitrogens is 3. The Kier molecular flexibility index (Phi) is 5.47. The fourth-order valence-corrected chi connectivity index (χ4v) is 4.95. The number of hydrogen-bond acceptors (Lipinski definition) is 5. The van der Waals surface area contributed by atoms with Gasteiger partial charge in [0.25, 0.3) is 0 Å². The minimum absolute atomic E-state index is 0.00377. The Morgan fingerprint density at radius 3 is 2.76 bits per heavy atom. The maximum Gasteiger partial charge on any atom is 0.221 e. The second kappa shape index (κ2) is 7.77. The van der Waals surface area contributed by atoms with Gasteiger partial charge in [0.05, 0.1) is 11.0 Å². The first kappa shape index (κ1) is 17.6. The number of nitrogens with one attached hydrogen (secondary N) is 1. The van der Waals surface area contributed by atoms with E-state index in [2.05, 4.69) is 15.4 Å². The van der Waals surface area contributed by atoms with Crippen molar-refractivity contribution in [3.8, 4) is 5.82 Å². The fourth-order valence-electron chi connectivity index (χ4n) is 3.10. The van der Waals surface area contributed by atoms with E-state index in [0.717, 1.165) is 31.2 Å². The molecule has 3 rings (SSSR count). The van der Waals surface area contributed by atoms with E-state index < -0.39 is 9.84 Å². The van der Waals surface area contributed by atoms with E-state index in [1.807, 2.05) is 6.07 Å². The molecule has 134 valence electrons. The van der Waals surface area contributed by atoms with Crippen LogP contribution >= 0.6 is 0 Å². The van der Waals surface area contributed by atoms with Crippen LogP contribution in [0.15, 0.2) is 36.8 Å². The summed E-state index contributed by atoms with van der Waals surface area (Å²) in [5.74, 6) is 0.297. The van der Waals surface area contributed by atoms with E-state index in [4.69, 9.17) is 0 Å². The molecule has 1 aliphatic rings. The minimum atomic E-state index is -3.17. The number of amides is 1. The number of carbonyl (C=O) groups excluding carboxylic acids is 1. The summed E-state index contributed by atoms with van der Waals surface area (Å²) >= 11 is 0. The second-order valence-corrected chi connectivity index (χ2v) is 8.64. The van der Waals surface area contributed by atoms with Crippen molar-refractivity contribution in [2.45, 2.75) is 43.9 Å². The highest BCUT2D eigenvalue weighted by Gasteiger charge is 2.28. The zero-order valence-electron chi connectivity index (χ0n) is 14.0. The van der Waals surface area contributed by atoms with Gasteiger partial charge in [-0.25, -0.2) is 18.1 Å². The van der Waals surface area contributed by atoms with Gasteiger partial charge >= 0.3 is 0 Å². The fraction of sp³-hybridized carbons (Fsp3) is 0.471. The van der Waals surface area contributed by atoms with Crippen LogP contribution in [0.1, 0.15) is 37.7 Å². The Morgan fingerprint density at radius 1 is 1.24 bits per heavy atom. The van der Waals surface area contributed by atoms with Crippen molar-refractivity contribution in [1.82, 2.24) is 20.1 Å². The standard InChI is InChI=1S/C17H22N4O3S/c22-16(8-12-25(23,24)15-6-1-2-7-15)19-13-14-5-3-9-18-17(14)21-11-4-10-20-21/h3-5,9-11,15H,1-2,6-8,12-13H2,(H,19,22). The number of pyridine rings is 1. The molecule has 0 spiro atoms. The lowest BCUT2D eigenvalue weighted by molar-refractivity contribution is -0.120. The summed E-state index contributed by atoms with van der Waals surface area (Å²) in [5, 5.41) is 6.67. The third-order valence-corrected chi connectivity index (χ3v) is 6.75. The van der Waals surface area contributed by atoms with Crippen LogP contribution in [-0.4, -0.2) is 40.1 Å². The molecule has 0 aliphatic heterocycles. The molecule has 0 bridgehead atoms. The molecule has 1 saturated carbocycles. The highest BCUT2D eigenvalue weighted by Crippen LogP contribution is 2.25. The van der Waals surface area contributed by atoms with Gasteiger partial charge in [-0.15, -0.1) is 0 Å². The summed E-state index contributed by atoms with van der Waals surface area (Å²) in [7, 11) is -3.17. The zero-order chi connectivity index (χ0) is 17.7. The molecule has 1 aliphatic carbocycles. The van der Waals surface area contributed by atoms with Crippen LogP contribution in [0.5, 0.6) is 0 Å². The summed E-state index contributed by atoms with van der Waals surface area (Å²) in [4.78, 5) is 16.3. The van der Waals surface area contributed by atoms with Gasteiger partial charge in [-0.2, -0.15) is 5.10 Å². The van der Waals surface area contributed by atoms with Crippen molar-refractivity contribution in [2.75, 3.05) is 5.75 Å². The van der Waals surface area contributed by atoms with Gasteiger partial charge in [-0.05, 0) is 25.0 Å². The van der Waals surface area contributed by atoms with Gasteiger partial charge in [0.2, 0.25) is 5.91 Å². The van der Waals surface area contributed by atoms with Crippen LogP contribution < -0.4 is 5.32 Å². The van der Waals surface area contributed by atoms with Gasteiger partial charge in [0.15, 0.2) is 15.7 Å². The van der Waals surface area contributed by atoms with E-state index in [-0.39, 0.29) is 29.9 Å². The predicted octanol–water partition coefficient (Wildman–Crippen LogP) is 1.63. The van der Waals surface area contributed by atoms with Crippen molar-refractivity contribution in [2.24, 2.45) is 0 Å². The largest absolute Gasteiger partial charge is 0.352 e. The Bertz CT molecular complexity index is 812. The van der Waals surface area contributed by atoms with Crippen molar-refractivity contribution in [3.63, 3.8) is 0 Å². The molecule has 0 unspecified atom stereocenters. The van der Waals surface area contributed by atoms with Crippen LogP contribution in [0.4, 0.5) is 0 Å². The molecule has 8 heteroatoms. The smallest absolute Gasteiger partial charge is 0.221 e. The maximum absolute atomic E-state index is 12.2. The minimum Gasteiger partial charge on any atom is -0.352 e. The molecular formula is C17H22N4O3S. The molecule has 0 radical (unpaired) electrons. The molecule has 0 atom stereocenters. The lowest BCUT2D eigenvalue weighted by Gasteiger charge is -2.12. The van der Waals surface area contributed by atoms with E-state index in [0.29, 0.717) is 5.82 Å².